The van der Waals surface area contributed by atoms with Crippen molar-refractivity contribution < 1.29 is 13.4 Å². The minimum Gasteiger partial charge on any atom is -0.397 e. The highest BCUT2D eigenvalue weighted by Crippen LogP contribution is 2.34. The molecular weight excluding hydrogens is 461 g/mol. The van der Waals surface area contributed by atoms with Gasteiger partial charge in [0.25, 0.3) is 5.91 Å². The number of nitrogens with two attached hydrogens (primary N) is 1. The number of nitrogens with one attached hydrogen (secondary N) is 1. The second-order valence-electron chi connectivity index (χ2n) is 8.45. The van der Waals surface area contributed by atoms with Gasteiger partial charge in [-0.05, 0) is 71.6 Å². The van der Waals surface area contributed by atoms with Crippen LogP contribution < -0.4 is 11.1 Å². The molecule has 4 aromatic rings. The molecule has 0 saturated heterocycles. The van der Waals surface area contributed by atoms with Crippen molar-refractivity contribution in [1.29, 1.82) is 0 Å². The minimum absolute atomic E-state index is 0.0805. The van der Waals surface area contributed by atoms with Crippen molar-refractivity contribution in [2.75, 3.05) is 16.8 Å². The fourth-order valence-corrected chi connectivity index (χ4v) is 6.37. The first-order chi connectivity index (χ1) is 16.9. The Balaban J connectivity index is 1.34. The number of halogens is 1. The number of benzene rings is 4. The van der Waals surface area contributed by atoms with Crippen LogP contribution in [0.15, 0.2) is 106 Å². The fraction of sp³-hybridized carbons (Fsp3) is 0.107. The van der Waals surface area contributed by atoms with Crippen LogP contribution >= 0.6 is 0 Å². The van der Waals surface area contributed by atoms with Gasteiger partial charge in [-0.25, -0.2) is 13.0 Å². The van der Waals surface area contributed by atoms with E-state index in [2.05, 4.69) is 9.68 Å². The molecule has 0 spiro atoms. The number of rotatable bonds is 5. The van der Waals surface area contributed by atoms with Crippen molar-refractivity contribution in [3.8, 4) is 11.1 Å². The predicted octanol–water partition coefficient (Wildman–Crippen LogP) is 6.30. The molecule has 7 heteroatoms. The molecule has 2 atom stereocenters. The van der Waals surface area contributed by atoms with E-state index in [1.807, 2.05) is 36.4 Å². The molecule has 4 aromatic carbocycles. The van der Waals surface area contributed by atoms with Crippen molar-refractivity contribution in [2.45, 2.75) is 17.4 Å². The molecule has 0 aliphatic carbocycles. The maximum Gasteiger partial charge on any atom is 0.255 e. The van der Waals surface area contributed by atoms with E-state index in [4.69, 9.17) is 5.73 Å². The molecule has 0 unspecified atom stereocenters. The van der Waals surface area contributed by atoms with E-state index in [0.717, 1.165) is 23.1 Å². The highest BCUT2D eigenvalue weighted by Gasteiger charge is 2.26. The van der Waals surface area contributed by atoms with Gasteiger partial charge in [0.2, 0.25) is 0 Å². The smallest absolute Gasteiger partial charge is 0.255 e. The molecule has 1 amide bonds. The molecule has 176 valence electrons. The Morgan fingerprint density at radius 1 is 0.914 bits per heavy atom. The molecule has 0 fully saturated rings. The summed E-state index contributed by atoms with van der Waals surface area (Å²) in [6.45, 7) is 0. The Hall–Kier alpha value is -3.97. The molecule has 0 saturated carbocycles. The largest absolute Gasteiger partial charge is 0.397 e. The van der Waals surface area contributed by atoms with Gasteiger partial charge in [0.1, 0.15) is 5.82 Å². The van der Waals surface area contributed by atoms with E-state index in [1.54, 1.807) is 48.5 Å². The molecule has 35 heavy (non-hydrogen) atoms. The van der Waals surface area contributed by atoms with Crippen molar-refractivity contribution in [3.63, 3.8) is 0 Å². The Morgan fingerprint density at radius 3 is 2.31 bits per heavy atom. The van der Waals surface area contributed by atoms with Crippen LogP contribution in [-0.2, 0) is 9.73 Å². The van der Waals surface area contributed by atoms with Gasteiger partial charge in [-0.1, -0.05) is 48.5 Å². The van der Waals surface area contributed by atoms with Crippen LogP contribution in [0.2, 0.25) is 0 Å². The fourth-order valence-electron chi connectivity index (χ4n) is 4.16. The SMILES string of the molecule is Nc1ccc(-c2ccc(F)cc2)cc1NC(=O)c1ccc([S@@]2(=O)=N[C@@H](c3ccccc3)CC2)cc1. The lowest BCUT2D eigenvalue weighted by atomic mass is 10.0. The summed E-state index contributed by atoms with van der Waals surface area (Å²) in [5.41, 5.74) is 10.1. The van der Waals surface area contributed by atoms with Gasteiger partial charge in [0, 0.05) is 16.2 Å². The topological polar surface area (TPSA) is 84.5 Å². The molecular formula is C28H24FN3O2S. The number of amides is 1. The number of hydrogen-bond acceptors (Lipinski definition) is 4. The van der Waals surface area contributed by atoms with Crippen LogP contribution in [0.3, 0.4) is 0 Å². The van der Waals surface area contributed by atoms with E-state index in [1.165, 1.54) is 12.1 Å². The minimum atomic E-state index is -2.53. The van der Waals surface area contributed by atoms with Gasteiger partial charge in [-0.15, -0.1) is 0 Å². The summed E-state index contributed by atoms with van der Waals surface area (Å²) in [7, 11) is -2.53. The summed E-state index contributed by atoms with van der Waals surface area (Å²) in [4.78, 5) is 13.5. The lowest BCUT2D eigenvalue weighted by molar-refractivity contribution is 0.102. The standard InChI is InChI=1S/C28H24FN3O2S/c29-23-11-6-19(7-12-23)22-10-15-25(30)27(18-22)31-28(33)21-8-13-24(14-9-21)35(34)17-16-26(32-35)20-4-2-1-3-5-20/h1-15,18,26H,16-17,30H2,(H,31,33)/t26-,35-/m1/s1. The van der Waals surface area contributed by atoms with E-state index < -0.39 is 9.73 Å². The van der Waals surface area contributed by atoms with E-state index in [0.29, 0.717) is 27.6 Å². The van der Waals surface area contributed by atoms with Crippen molar-refractivity contribution in [2.24, 2.45) is 4.36 Å². The second-order valence-corrected chi connectivity index (χ2v) is 10.8. The Morgan fingerprint density at radius 2 is 1.60 bits per heavy atom. The van der Waals surface area contributed by atoms with Crippen LogP contribution in [0.5, 0.6) is 0 Å². The Bertz CT molecular complexity index is 1490. The van der Waals surface area contributed by atoms with Gasteiger partial charge < -0.3 is 11.1 Å². The van der Waals surface area contributed by atoms with Crippen LogP contribution in [0.4, 0.5) is 15.8 Å². The zero-order valence-electron chi connectivity index (χ0n) is 18.9. The summed E-state index contributed by atoms with van der Waals surface area (Å²) >= 11 is 0. The van der Waals surface area contributed by atoms with Gasteiger partial charge in [-0.2, -0.15) is 0 Å². The molecule has 1 aliphatic heterocycles. The molecule has 5 nitrogen and oxygen atoms in total. The number of carbonyl (C=O) groups excluding carboxylic acids is 1. The zero-order valence-corrected chi connectivity index (χ0v) is 19.7. The van der Waals surface area contributed by atoms with Gasteiger partial charge in [-0.3, -0.25) is 4.79 Å². The first-order valence-corrected chi connectivity index (χ1v) is 13.0. The average molecular weight is 486 g/mol. The predicted molar refractivity (Wildman–Crippen MR) is 138 cm³/mol. The van der Waals surface area contributed by atoms with Crippen LogP contribution in [-0.4, -0.2) is 15.9 Å². The molecule has 0 aromatic heterocycles. The Labute approximate surface area is 204 Å². The average Bonchev–Trinajstić information content (AvgIpc) is 3.30. The third kappa shape index (κ3) is 4.81. The van der Waals surface area contributed by atoms with Gasteiger partial charge in [0.05, 0.1) is 27.1 Å². The molecule has 1 aliphatic rings. The van der Waals surface area contributed by atoms with E-state index in [9.17, 15) is 13.4 Å². The summed E-state index contributed by atoms with van der Waals surface area (Å²) in [5, 5.41) is 2.84. The van der Waals surface area contributed by atoms with Crippen LogP contribution in [0.1, 0.15) is 28.4 Å². The van der Waals surface area contributed by atoms with Gasteiger partial charge >= 0.3 is 0 Å². The van der Waals surface area contributed by atoms with E-state index >= 15 is 0 Å². The number of anilines is 2. The number of hydrogen-bond donors (Lipinski definition) is 2. The number of nitrogens with zero attached hydrogens (tertiary/aromatic N) is 1. The third-order valence-corrected chi connectivity index (χ3v) is 8.51. The van der Waals surface area contributed by atoms with Crippen molar-refractivity contribution in [3.05, 3.63) is 114 Å². The zero-order chi connectivity index (χ0) is 24.4. The van der Waals surface area contributed by atoms with Gasteiger partial charge in [0.15, 0.2) is 0 Å². The molecule has 0 bridgehead atoms. The molecule has 1 heterocycles. The highest BCUT2D eigenvalue weighted by atomic mass is 32.2. The molecule has 5 rings (SSSR count). The molecule has 3 N–H and O–H groups in total. The molecule has 0 radical (unpaired) electrons. The maximum absolute atomic E-state index is 13.5. The van der Waals surface area contributed by atoms with Crippen molar-refractivity contribution in [1.82, 2.24) is 0 Å². The highest BCUT2D eigenvalue weighted by molar-refractivity contribution is 7.93. The van der Waals surface area contributed by atoms with Crippen LogP contribution in [0, 0.1) is 5.82 Å². The van der Waals surface area contributed by atoms with E-state index in [-0.39, 0.29) is 17.8 Å². The number of nitrogen functional groups attached to an aromatic ring is 1. The maximum atomic E-state index is 13.5. The summed E-state index contributed by atoms with van der Waals surface area (Å²) < 4.78 is 31.4. The van der Waals surface area contributed by atoms with Crippen molar-refractivity contribution >= 4 is 27.0 Å². The first-order valence-electron chi connectivity index (χ1n) is 11.3. The summed E-state index contributed by atoms with van der Waals surface area (Å²) in [6, 6.07) is 27.9. The second kappa shape index (κ2) is 9.35. The number of carbonyl (C=O) groups is 1. The quantitative estimate of drug-likeness (QED) is 0.325. The van der Waals surface area contributed by atoms with Crippen LogP contribution in [0.25, 0.3) is 11.1 Å². The summed E-state index contributed by atoms with van der Waals surface area (Å²) in [6.07, 6.45) is 0.731. The third-order valence-electron chi connectivity index (χ3n) is 6.11. The lowest BCUT2D eigenvalue weighted by Crippen LogP contribution is -2.13. The lowest BCUT2D eigenvalue weighted by Gasteiger charge is -2.11. The Kier molecular flexibility index (Phi) is 6.09. The first kappa shape index (κ1) is 22.8. The normalized spacial score (nSPS) is 19.2. The summed E-state index contributed by atoms with van der Waals surface area (Å²) in [5.74, 6) is -0.158. The monoisotopic (exact) mass is 485 g/mol.